The molecule has 0 aromatic carbocycles. The van der Waals surface area contributed by atoms with E-state index in [0.29, 0.717) is 11.5 Å². The fourth-order valence-corrected chi connectivity index (χ4v) is 1.69. The van der Waals surface area contributed by atoms with E-state index in [4.69, 9.17) is 4.74 Å². The molecular weight excluding hydrogens is 206 g/mol. The van der Waals surface area contributed by atoms with Crippen LogP contribution in [0.5, 0.6) is 5.88 Å². The van der Waals surface area contributed by atoms with Gasteiger partial charge in [0, 0.05) is 6.20 Å². The van der Waals surface area contributed by atoms with Gasteiger partial charge in [-0.2, -0.15) is 9.50 Å². The molecule has 3 rings (SSSR count). The molecule has 0 bridgehead atoms. The summed E-state index contributed by atoms with van der Waals surface area (Å²) >= 11 is 0. The lowest BCUT2D eigenvalue weighted by Gasteiger charge is -2.05. The lowest BCUT2D eigenvalue weighted by Crippen LogP contribution is -1.98. The van der Waals surface area contributed by atoms with Gasteiger partial charge in [0.2, 0.25) is 5.88 Å². The zero-order valence-corrected chi connectivity index (χ0v) is 8.88. The van der Waals surface area contributed by atoms with E-state index in [-0.39, 0.29) is 0 Å². The average molecular weight is 215 g/mol. The summed E-state index contributed by atoms with van der Waals surface area (Å²) in [5, 5.41) is 8.89. The Kier molecular flexibility index (Phi) is 1.76. The summed E-state index contributed by atoms with van der Waals surface area (Å²) in [6.07, 6.45) is 3.42. The highest BCUT2D eigenvalue weighted by atomic mass is 16.5. The standard InChI is InChI=1S/C10H9N5O/c1-6-9-12-10(16-2)7-3-4-11-5-8(7)15(9)14-13-6/h3-5H,1-2H3. The van der Waals surface area contributed by atoms with Crippen LogP contribution in [0.3, 0.4) is 0 Å². The molecule has 0 saturated heterocycles. The van der Waals surface area contributed by atoms with Crippen molar-refractivity contribution in [2.75, 3.05) is 7.11 Å². The number of ether oxygens (including phenoxy) is 1. The maximum Gasteiger partial charge on any atom is 0.224 e. The van der Waals surface area contributed by atoms with Crippen molar-refractivity contribution in [1.82, 2.24) is 24.8 Å². The lowest BCUT2D eigenvalue weighted by molar-refractivity contribution is 0.404. The van der Waals surface area contributed by atoms with Crippen LogP contribution < -0.4 is 4.74 Å². The molecule has 0 aliphatic carbocycles. The molecule has 0 unspecified atom stereocenters. The van der Waals surface area contributed by atoms with E-state index in [0.717, 1.165) is 16.6 Å². The van der Waals surface area contributed by atoms with Crippen molar-refractivity contribution in [1.29, 1.82) is 0 Å². The van der Waals surface area contributed by atoms with Gasteiger partial charge in [-0.3, -0.25) is 4.98 Å². The molecule has 6 nitrogen and oxygen atoms in total. The first-order valence-electron chi connectivity index (χ1n) is 4.81. The van der Waals surface area contributed by atoms with E-state index in [1.54, 1.807) is 24.0 Å². The number of rotatable bonds is 1. The fourth-order valence-electron chi connectivity index (χ4n) is 1.69. The maximum atomic E-state index is 5.25. The van der Waals surface area contributed by atoms with E-state index in [9.17, 15) is 0 Å². The SMILES string of the molecule is COc1nc2c(C)nnn2c2cnccc12. The summed E-state index contributed by atoms with van der Waals surface area (Å²) in [5.74, 6) is 0.565. The Morgan fingerprint density at radius 1 is 1.38 bits per heavy atom. The zero-order valence-electron chi connectivity index (χ0n) is 8.88. The van der Waals surface area contributed by atoms with Crippen LogP contribution >= 0.6 is 0 Å². The highest BCUT2D eigenvalue weighted by Crippen LogP contribution is 2.23. The summed E-state index contributed by atoms with van der Waals surface area (Å²) < 4.78 is 6.92. The Balaban J connectivity index is 2.58. The molecule has 3 aromatic heterocycles. The average Bonchev–Trinajstić information content (AvgIpc) is 2.70. The predicted octanol–water partition coefficient (Wildman–Crippen LogP) is 0.990. The Bertz CT molecular complexity index is 675. The number of pyridine rings is 1. The number of aromatic nitrogens is 5. The van der Waals surface area contributed by atoms with Gasteiger partial charge in [0.25, 0.3) is 0 Å². The summed E-state index contributed by atoms with van der Waals surface area (Å²) in [4.78, 5) is 8.45. The minimum Gasteiger partial charge on any atom is -0.480 e. The molecule has 0 amide bonds. The first-order chi connectivity index (χ1) is 7.81. The lowest BCUT2D eigenvalue weighted by atomic mass is 10.3. The number of methoxy groups -OCH3 is 1. The quantitative estimate of drug-likeness (QED) is 0.605. The molecule has 16 heavy (non-hydrogen) atoms. The topological polar surface area (TPSA) is 65.2 Å². The van der Waals surface area contributed by atoms with Crippen LogP contribution in [0.15, 0.2) is 18.5 Å². The Morgan fingerprint density at radius 2 is 2.25 bits per heavy atom. The zero-order chi connectivity index (χ0) is 11.1. The molecule has 0 N–H and O–H groups in total. The smallest absolute Gasteiger partial charge is 0.224 e. The van der Waals surface area contributed by atoms with Crippen LogP contribution in [0.25, 0.3) is 16.6 Å². The molecule has 0 saturated carbocycles. The van der Waals surface area contributed by atoms with Crippen LogP contribution in [0.1, 0.15) is 5.69 Å². The number of hydrogen-bond acceptors (Lipinski definition) is 5. The molecule has 0 atom stereocenters. The largest absolute Gasteiger partial charge is 0.480 e. The minimum absolute atomic E-state index is 0.565. The Hall–Kier alpha value is -2.24. The number of fused-ring (bicyclic) bond motifs is 3. The van der Waals surface area contributed by atoms with Gasteiger partial charge < -0.3 is 4.74 Å². The summed E-state index contributed by atoms with van der Waals surface area (Å²) in [7, 11) is 1.60. The summed E-state index contributed by atoms with van der Waals surface area (Å²) in [6, 6.07) is 1.84. The molecule has 0 spiro atoms. The van der Waals surface area contributed by atoms with Crippen molar-refractivity contribution in [3.05, 3.63) is 24.2 Å². The van der Waals surface area contributed by atoms with Crippen molar-refractivity contribution in [2.24, 2.45) is 0 Å². The second-order valence-electron chi connectivity index (χ2n) is 3.42. The first-order valence-corrected chi connectivity index (χ1v) is 4.81. The molecule has 80 valence electrons. The van der Waals surface area contributed by atoms with E-state index >= 15 is 0 Å². The molecule has 3 heterocycles. The predicted molar refractivity (Wildman–Crippen MR) is 57.4 cm³/mol. The van der Waals surface area contributed by atoms with Gasteiger partial charge in [0.05, 0.1) is 24.2 Å². The highest BCUT2D eigenvalue weighted by Gasteiger charge is 2.11. The normalized spacial score (nSPS) is 11.1. The molecule has 6 heteroatoms. The Labute approximate surface area is 90.9 Å². The van der Waals surface area contributed by atoms with Gasteiger partial charge in [-0.05, 0) is 13.0 Å². The van der Waals surface area contributed by atoms with Crippen molar-refractivity contribution in [3.63, 3.8) is 0 Å². The molecule has 0 aliphatic heterocycles. The third-order valence-electron chi connectivity index (χ3n) is 2.47. The van der Waals surface area contributed by atoms with Gasteiger partial charge in [0.1, 0.15) is 5.69 Å². The van der Waals surface area contributed by atoms with E-state index < -0.39 is 0 Å². The van der Waals surface area contributed by atoms with E-state index in [1.165, 1.54) is 0 Å². The fraction of sp³-hybridized carbons (Fsp3) is 0.200. The monoisotopic (exact) mass is 215 g/mol. The molecule has 0 fully saturated rings. The minimum atomic E-state index is 0.565. The number of nitrogens with zero attached hydrogens (tertiary/aromatic N) is 5. The van der Waals surface area contributed by atoms with E-state index in [1.807, 2.05) is 13.0 Å². The van der Waals surface area contributed by atoms with Crippen molar-refractivity contribution in [2.45, 2.75) is 6.92 Å². The summed E-state index contributed by atoms with van der Waals surface area (Å²) in [5.41, 5.74) is 2.30. The van der Waals surface area contributed by atoms with Crippen molar-refractivity contribution in [3.8, 4) is 5.88 Å². The van der Waals surface area contributed by atoms with E-state index in [2.05, 4.69) is 20.3 Å². The third-order valence-corrected chi connectivity index (χ3v) is 2.47. The number of aryl methyl sites for hydroxylation is 1. The van der Waals surface area contributed by atoms with Gasteiger partial charge in [0.15, 0.2) is 5.65 Å². The number of hydrogen-bond donors (Lipinski definition) is 0. The molecule has 3 aromatic rings. The second kappa shape index (κ2) is 3.13. The first kappa shape index (κ1) is 9.02. The molecule has 0 aliphatic rings. The van der Waals surface area contributed by atoms with Crippen LogP contribution in [0.4, 0.5) is 0 Å². The van der Waals surface area contributed by atoms with Gasteiger partial charge in [-0.15, -0.1) is 5.10 Å². The van der Waals surface area contributed by atoms with Crippen molar-refractivity contribution < 1.29 is 4.74 Å². The van der Waals surface area contributed by atoms with Gasteiger partial charge >= 0.3 is 0 Å². The van der Waals surface area contributed by atoms with Crippen LogP contribution in [0, 0.1) is 6.92 Å². The highest BCUT2D eigenvalue weighted by molar-refractivity contribution is 5.85. The van der Waals surface area contributed by atoms with Crippen LogP contribution in [-0.2, 0) is 0 Å². The molecular formula is C10H9N5O. The van der Waals surface area contributed by atoms with Gasteiger partial charge in [-0.25, -0.2) is 0 Å². The maximum absolute atomic E-state index is 5.25. The third kappa shape index (κ3) is 1.06. The molecule has 0 radical (unpaired) electrons. The van der Waals surface area contributed by atoms with Crippen LogP contribution in [-0.4, -0.2) is 31.9 Å². The van der Waals surface area contributed by atoms with Crippen LogP contribution in [0.2, 0.25) is 0 Å². The second-order valence-corrected chi connectivity index (χ2v) is 3.42. The Morgan fingerprint density at radius 3 is 3.06 bits per heavy atom. The summed E-state index contributed by atoms with van der Waals surface area (Å²) in [6.45, 7) is 1.86. The van der Waals surface area contributed by atoms with Crippen molar-refractivity contribution >= 4 is 16.6 Å². The van der Waals surface area contributed by atoms with Gasteiger partial charge in [-0.1, -0.05) is 5.21 Å².